The normalized spacial score (nSPS) is 16.0. The molecule has 1 aliphatic carbocycles. The fourth-order valence-corrected chi connectivity index (χ4v) is 3.92. The Bertz CT molecular complexity index is 794. The number of hydrogen-bond donors (Lipinski definition) is 1. The van der Waals surface area contributed by atoms with Crippen LogP contribution in [0.4, 0.5) is 0 Å². The van der Waals surface area contributed by atoms with Crippen LogP contribution in [0.15, 0.2) is 59.5 Å². The molecule has 1 saturated carbocycles. The van der Waals surface area contributed by atoms with Crippen molar-refractivity contribution in [3.63, 3.8) is 0 Å². The third-order valence-electron chi connectivity index (χ3n) is 4.11. The van der Waals surface area contributed by atoms with E-state index in [-0.39, 0.29) is 16.7 Å². The van der Waals surface area contributed by atoms with Crippen LogP contribution in [0, 0.1) is 5.92 Å². The van der Waals surface area contributed by atoms with Gasteiger partial charge < -0.3 is 0 Å². The van der Waals surface area contributed by atoms with Crippen molar-refractivity contribution in [1.29, 1.82) is 0 Å². The molecule has 0 radical (unpaired) electrons. The molecule has 4 nitrogen and oxygen atoms in total. The second kappa shape index (κ2) is 6.26. The van der Waals surface area contributed by atoms with Crippen molar-refractivity contribution in [1.82, 2.24) is 4.72 Å². The highest BCUT2D eigenvalue weighted by molar-refractivity contribution is 7.89. The predicted octanol–water partition coefficient (Wildman–Crippen LogP) is 3.32. The van der Waals surface area contributed by atoms with Gasteiger partial charge in [-0.15, -0.1) is 0 Å². The van der Waals surface area contributed by atoms with Crippen LogP contribution in [0.5, 0.6) is 0 Å². The van der Waals surface area contributed by atoms with Crippen LogP contribution in [0.2, 0.25) is 0 Å². The minimum Gasteiger partial charge on any atom is -0.295 e. The van der Waals surface area contributed by atoms with Crippen LogP contribution in [0.3, 0.4) is 0 Å². The van der Waals surface area contributed by atoms with E-state index >= 15 is 0 Å². The van der Waals surface area contributed by atoms with Gasteiger partial charge in [0.25, 0.3) is 0 Å². The molecule has 0 bridgehead atoms. The number of carbonyl (C=O) groups excluding carboxylic acids is 1. The Balaban J connectivity index is 1.85. The summed E-state index contributed by atoms with van der Waals surface area (Å²) in [6, 6.07) is 15.5. The first-order chi connectivity index (χ1) is 11.0. The van der Waals surface area contributed by atoms with Gasteiger partial charge in [-0.2, -0.15) is 0 Å². The maximum Gasteiger partial charge on any atom is 0.241 e. The van der Waals surface area contributed by atoms with Gasteiger partial charge in [-0.3, -0.25) is 4.79 Å². The minimum atomic E-state index is -3.62. The number of sulfonamides is 1. The molecule has 0 amide bonds. The summed E-state index contributed by atoms with van der Waals surface area (Å²) in [5.41, 5.74) is 1.49. The molecule has 2 aromatic carbocycles. The molecule has 1 N–H and O–H groups in total. The summed E-state index contributed by atoms with van der Waals surface area (Å²) in [6.07, 6.45) is 2.07. The maximum atomic E-state index is 12.6. The molecule has 0 aliphatic heterocycles. The molecule has 2 aromatic rings. The third kappa shape index (κ3) is 3.68. The van der Waals surface area contributed by atoms with Crippen molar-refractivity contribution in [2.24, 2.45) is 5.92 Å². The molecule has 0 heterocycles. The Morgan fingerprint density at radius 3 is 2.17 bits per heavy atom. The Morgan fingerprint density at radius 1 is 1.04 bits per heavy atom. The van der Waals surface area contributed by atoms with Crippen LogP contribution in [-0.4, -0.2) is 14.2 Å². The van der Waals surface area contributed by atoms with E-state index in [1.807, 2.05) is 30.3 Å². The van der Waals surface area contributed by atoms with Gasteiger partial charge in [0.05, 0.1) is 4.90 Å². The second-order valence-electron chi connectivity index (χ2n) is 5.93. The molecule has 0 aromatic heterocycles. The van der Waals surface area contributed by atoms with E-state index in [9.17, 15) is 13.2 Å². The SMILES string of the molecule is CC(=O)c1ccc(S(=O)(=O)N[C@@H](c2ccccc2)C2CC2)cc1. The summed E-state index contributed by atoms with van der Waals surface area (Å²) >= 11 is 0. The maximum absolute atomic E-state index is 12.6. The number of ketones is 1. The van der Waals surface area contributed by atoms with Crippen molar-refractivity contribution in [2.45, 2.75) is 30.7 Å². The lowest BCUT2D eigenvalue weighted by Crippen LogP contribution is -2.30. The van der Waals surface area contributed by atoms with Gasteiger partial charge in [-0.1, -0.05) is 42.5 Å². The topological polar surface area (TPSA) is 63.2 Å². The van der Waals surface area contributed by atoms with E-state index in [1.54, 1.807) is 12.1 Å². The second-order valence-corrected chi connectivity index (χ2v) is 7.64. The molecule has 1 fully saturated rings. The summed E-state index contributed by atoms with van der Waals surface area (Å²) in [5, 5.41) is 0. The summed E-state index contributed by atoms with van der Waals surface area (Å²) in [5.74, 6) is 0.269. The number of hydrogen-bond acceptors (Lipinski definition) is 3. The van der Waals surface area contributed by atoms with Gasteiger partial charge in [0.1, 0.15) is 0 Å². The molecule has 5 heteroatoms. The molecule has 0 saturated heterocycles. The molecule has 3 rings (SSSR count). The first-order valence-electron chi connectivity index (χ1n) is 7.65. The van der Waals surface area contributed by atoms with E-state index in [2.05, 4.69) is 4.72 Å². The van der Waals surface area contributed by atoms with E-state index in [1.165, 1.54) is 19.1 Å². The highest BCUT2D eigenvalue weighted by atomic mass is 32.2. The van der Waals surface area contributed by atoms with E-state index in [0.717, 1.165) is 18.4 Å². The monoisotopic (exact) mass is 329 g/mol. The van der Waals surface area contributed by atoms with Crippen molar-refractivity contribution >= 4 is 15.8 Å². The Kier molecular flexibility index (Phi) is 4.33. The quantitative estimate of drug-likeness (QED) is 0.827. The molecular weight excluding hydrogens is 310 g/mol. The van der Waals surface area contributed by atoms with E-state index in [0.29, 0.717) is 11.5 Å². The largest absolute Gasteiger partial charge is 0.295 e. The lowest BCUT2D eigenvalue weighted by Gasteiger charge is -2.19. The Morgan fingerprint density at radius 2 is 1.65 bits per heavy atom. The smallest absolute Gasteiger partial charge is 0.241 e. The minimum absolute atomic E-state index is 0.0814. The molecular formula is C18H19NO3S. The van der Waals surface area contributed by atoms with Crippen molar-refractivity contribution in [2.75, 3.05) is 0 Å². The van der Waals surface area contributed by atoms with E-state index in [4.69, 9.17) is 0 Å². The zero-order valence-corrected chi connectivity index (χ0v) is 13.7. The lowest BCUT2D eigenvalue weighted by atomic mass is 10.0. The summed E-state index contributed by atoms with van der Waals surface area (Å²) in [6.45, 7) is 1.46. The van der Waals surface area contributed by atoms with Crippen LogP contribution in [0.25, 0.3) is 0 Å². The molecule has 23 heavy (non-hydrogen) atoms. The average molecular weight is 329 g/mol. The third-order valence-corrected chi connectivity index (χ3v) is 5.56. The molecule has 120 valence electrons. The van der Waals surface area contributed by atoms with Gasteiger partial charge in [0.15, 0.2) is 5.78 Å². The van der Waals surface area contributed by atoms with E-state index < -0.39 is 10.0 Å². The van der Waals surface area contributed by atoms with Gasteiger partial charge in [-0.25, -0.2) is 13.1 Å². The van der Waals surface area contributed by atoms with Crippen LogP contribution < -0.4 is 4.72 Å². The molecule has 0 unspecified atom stereocenters. The van der Waals surface area contributed by atoms with Crippen LogP contribution in [0.1, 0.15) is 41.7 Å². The highest BCUT2D eigenvalue weighted by Crippen LogP contribution is 2.41. The van der Waals surface area contributed by atoms with Crippen LogP contribution in [-0.2, 0) is 10.0 Å². The van der Waals surface area contributed by atoms with Crippen molar-refractivity contribution < 1.29 is 13.2 Å². The van der Waals surface area contributed by atoms with Gasteiger partial charge >= 0.3 is 0 Å². The first kappa shape index (κ1) is 15.9. The number of nitrogens with one attached hydrogen (secondary N) is 1. The van der Waals surface area contributed by atoms with Crippen LogP contribution >= 0.6 is 0 Å². The average Bonchev–Trinajstić information content (AvgIpc) is 3.38. The van der Waals surface area contributed by atoms with Gasteiger partial charge in [-0.05, 0) is 43.4 Å². The fourth-order valence-electron chi connectivity index (χ4n) is 2.63. The summed E-state index contributed by atoms with van der Waals surface area (Å²) in [4.78, 5) is 11.5. The predicted molar refractivity (Wildman–Crippen MR) is 88.7 cm³/mol. The van der Waals surface area contributed by atoms with Crippen molar-refractivity contribution in [3.05, 3.63) is 65.7 Å². The Labute approximate surface area is 136 Å². The number of rotatable bonds is 6. The number of carbonyl (C=O) groups is 1. The molecule has 0 spiro atoms. The summed E-state index contributed by atoms with van der Waals surface area (Å²) < 4.78 is 28.1. The van der Waals surface area contributed by atoms with Gasteiger partial charge in [0.2, 0.25) is 10.0 Å². The molecule has 1 atom stereocenters. The number of benzene rings is 2. The lowest BCUT2D eigenvalue weighted by molar-refractivity contribution is 0.101. The standard InChI is InChI=1S/C18H19NO3S/c1-13(20)14-9-11-17(12-10-14)23(21,22)19-18(16-7-8-16)15-5-3-2-4-6-15/h2-6,9-12,16,18-19H,7-8H2,1H3/t18-/m0/s1. The molecule has 1 aliphatic rings. The highest BCUT2D eigenvalue weighted by Gasteiger charge is 2.35. The fraction of sp³-hybridized carbons (Fsp3) is 0.278. The van der Waals surface area contributed by atoms with Gasteiger partial charge in [0, 0.05) is 11.6 Å². The zero-order valence-electron chi connectivity index (χ0n) is 12.9. The Hall–Kier alpha value is -1.98. The zero-order chi connectivity index (χ0) is 16.4. The summed E-state index contributed by atoms with van der Waals surface area (Å²) in [7, 11) is -3.62. The van der Waals surface area contributed by atoms with Crippen molar-refractivity contribution in [3.8, 4) is 0 Å². The number of Topliss-reactive ketones (excluding diaryl/α,β-unsaturated/α-hetero) is 1. The first-order valence-corrected chi connectivity index (χ1v) is 9.14.